The SMILES string of the molecule is CCC(CC)C(=O)OC(C)CCCCC(=O)C[C@H](C(=O)N[C@@H](CCCNC(N)=O)C(=O)Cc1ccc(NC(=O)O[C@H]2CC(=O)N(C)c3cc(cc(OC)c3Cl)C/C(C)=C/C=C/[C@@H](OC)[C@]3(O)CC(=O)O[C@@H](C3)[C@@H](C)[C@@H]3O[C@@]23C)c(C(F)(F)F)c1)C(C)C. The van der Waals surface area contributed by atoms with Gasteiger partial charge in [-0.05, 0) is 113 Å². The van der Waals surface area contributed by atoms with E-state index >= 15 is 13.2 Å². The number of rotatable bonds is 25. The molecule has 0 aromatic heterocycles. The summed E-state index contributed by atoms with van der Waals surface area (Å²) in [5.74, 6) is -5.03. The summed E-state index contributed by atoms with van der Waals surface area (Å²) >= 11 is 6.80. The van der Waals surface area contributed by atoms with Crippen molar-refractivity contribution in [3.8, 4) is 5.75 Å². The third-order valence-electron chi connectivity index (χ3n) is 16.7. The lowest BCUT2D eigenvalue weighted by atomic mass is 9.78. The number of Topliss-reactive ketones (excluding diaryl/α,β-unsaturated/α-hetero) is 2. The lowest BCUT2D eigenvalue weighted by molar-refractivity contribution is -0.187. The Morgan fingerprint density at radius 2 is 1.70 bits per heavy atom. The number of methoxy groups -OCH3 is 2. The second-order valence-electron chi connectivity index (χ2n) is 23.7. The first kappa shape index (κ1) is 71.2. The predicted molar refractivity (Wildman–Crippen MR) is 319 cm³/mol. The molecule has 2 aromatic carbocycles. The first-order valence-electron chi connectivity index (χ1n) is 29.7. The number of nitrogens with two attached hydrogens (primary N) is 1. The van der Waals surface area contributed by atoms with Crippen molar-refractivity contribution in [2.75, 3.05) is 38.0 Å². The van der Waals surface area contributed by atoms with Gasteiger partial charge in [-0.25, -0.2) is 9.59 Å². The number of amides is 5. The summed E-state index contributed by atoms with van der Waals surface area (Å²) in [5, 5.41) is 19.4. The van der Waals surface area contributed by atoms with Crippen molar-refractivity contribution in [3.63, 3.8) is 0 Å². The molecule has 0 saturated carbocycles. The average molecular weight is 1250 g/mol. The molecule has 0 spiro atoms. The number of aliphatic hydroxyl groups is 1. The fraction of sp³-hybridized carbons (Fsp3) is 0.619. The molecule has 482 valence electrons. The van der Waals surface area contributed by atoms with Crippen LogP contribution in [0.15, 0.2) is 54.1 Å². The highest BCUT2D eigenvalue weighted by atomic mass is 35.5. The number of esters is 2. The normalized spacial score (nSPS) is 24.5. The number of nitrogens with zero attached hydrogens (tertiary/aromatic N) is 1. The number of hydrogen-bond donors (Lipinski definition) is 5. The van der Waals surface area contributed by atoms with E-state index in [2.05, 4.69) is 16.0 Å². The lowest BCUT2D eigenvalue weighted by Gasteiger charge is -2.41. The standard InChI is InChI=1S/C63H87ClF3N5O15/c1-12-41(13-2)58(78)84-37(6)19-14-15-20-42(73)31-43(35(3)4)57(77)70-46(21-17-25-69-59(68)79)48(74)29-39-23-24-45(44(27-39)63(65,66)67)71-60(80)86-52-32-53(75)72(9)47-28-40(30-49(82-10)55(47)64)26-36(5)18-16-22-51(83-11)62(81)33-50(85-54(76)34-62)38(7)56-61(52,8)87-56/h16,18,22-24,27-28,30,35,37-38,41,43,46,50-52,56,81H,12-15,17,19-21,25-26,29,31-34H2,1-11H3,(H,70,77)(H,71,80)(H3,68,69,79)/b22-16+,36-18+/t37?,38-,43+,46+,50+,51-,52+,56+,61+,62-/m1/s1. The number of nitrogens with one attached hydrogen (secondary N) is 3. The Kier molecular flexibility index (Phi) is 25.8. The van der Waals surface area contributed by atoms with Crippen LogP contribution in [0.3, 0.4) is 0 Å². The molecule has 3 heterocycles. The van der Waals surface area contributed by atoms with Crippen LogP contribution >= 0.6 is 11.6 Å². The second-order valence-corrected chi connectivity index (χ2v) is 24.1. The quantitative estimate of drug-likeness (QED) is 0.0268. The predicted octanol–water partition coefficient (Wildman–Crippen LogP) is 9.85. The number of carbonyl (C=O) groups excluding carboxylic acids is 8. The van der Waals surface area contributed by atoms with Crippen LogP contribution in [0.1, 0.15) is 149 Å². The lowest BCUT2D eigenvalue weighted by Crippen LogP contribution is -2.53. The van der Waals surface area contributed by atoms with Crippen LogP contribution in [0.4, 0.5) is 34.1 Å². The van der Waals surface area contributed by atoms with Crippen LogP contribution in [0.25, 0.3) is 0 Å². The van der Waals surface area contributed by atoms with E-state index in [4.69, 9.17) is 45.8 Å². The number of halogens is 4. The van der Waals surface area contributed by atoms with E-state index in [0.29, 0.717) is 50.2 Å². The Hall–Kier alpha value is -6.56. The van der Waals surface area contributed by atoms with Gasteiger partial charge in [-0.15, -0.1) is 0 Å². The number of allylic oxidation sites excluding steroid dienone is 3. The van der Waals surface area contributed by atoms with Crippen LogP contribution in [0.5, 0.6) is 5.75 Å². The summed E-state index contributed by atoms with van der Waals surface area (Å²) < 4.78 is 80.1. The van der Waals surface area contributed by atoms with Gasteiger partial charge >= 0.3 is 30.2 Å². The molecule has 1 unspecified atom stereocenters. The maximum Gasteiger partial charge on any atom is 0.418 e. The van der Waals surface area contributed by atoms with Crippen molar-refractivity contribution in [2.45, 2.75) is 199 Å². The van der Waals surface area contributed by atoms with Crippen molar-refractivity contribution >= 4 is 70.4 Å². The number of alkyl halides is 3. The van der Waals surface area contributed by atoms with Gasteiger partial charge in [0.15, 0.2) is 5.78 Å². The second kappa shape index (κ2) is 31.6. The molecular weight excluding hydrogens is 1160 g/mol. The number of fused-ring (bicyclic) bond motifs is 5. The average Bonchev–Trinajstić information content (AvgIpc) is 1.59. The first-order valence-corrected chi connectivity index (χ1v) is 30.1. The topological polar surface area (TPSA) is 281 Å². The summed E-state index contributed by atoms with van der Waals surface area (Å²) in [5.41, 5.74) is 1.44. The Balaban J connectivity index is 1.37. The zero-order chi connectivity index (χ0) is 64.7. The van der Waals surface area contributed by atoms with E-state index in [1.165, 1.54) is 39.2 Å². The van der Waals surface area contributed by atoms with Gasteiger partial charge in [-0.2, -0.15) is 13.2 Å². The highest BCUT2D eigenvalue weighted by Gasteiger charge is 2.64. The van der Waals surface area contributed by atoms with Crippen LogP contribution in [0, 0.1) is 23.7 Å². The molecule has 24 heteroatoms. The maximum atomic E-state index is 15.1. The molecule has 0 radical (unpaired) electrons. The van der Waals surface area contributed by atoms with Gasteiger partial charge in [0.2, 0.25) is 11.8 Å². The zero-order valence-corrected chi connectivity index (χ0v) is 52.5. The van der Waals surface area contributed by atoms with Gasteiger partial charge in [0.25, 0.3) is 0 Å². The molecule has 10 atom stereocenters. The van der Waals surface area contributed by atoms with E-state index in [9.17, 15) is 43.5 Å². The van der Waals surface area contributed by atoms with E-state index in [-0.39, 0.29) is 90.4 Å². The number of hydrogen-bond acceptors (Lipinski definition) is 15. The molecule has 4 bridgehead atoms. The highest BCUT2D eigenvalue weighted by molar-refractivity contribution is 6.35. The fourth-order valence-corrected chi connectivity index (χ4v) is 11.6. The van der Waals surface area contributed by atoms with Gasteiger partial charge in [-0.1, -0.05) is 76.1 Å². The van der Waals surface area contributed by atoms with Crippen LogP contribution < -0.4 is 31.3 Å². The van der Waals surface area contributed by atoms with Crippen LogP contribution in [-0.2, 0) is 71.5 Å². The molecule has 2 fully saturated rings. The van der Waals surface area contributed by atoms with E-state index in [1.807, 2.05) is 26.8 Å². The fourth-order valence-electron chi connectivity index (χ4n) is 11.3. The molecule has 5 rings (SSSR count). The largest absolute Gasteiger partial charge is 0.495 e. The number of unbranched alkanes of at least 4 members (excludes halogenated alkanes) is 1. The van der Waals surface area contributed by atoms with Crippen LogP contribution in [0.2, 0.25) is 5.02 Å². The first-order chi connectivity index (χ1) is 40.9. The summed E-state index contributed by atoms with van der Waals surface area (Å²) in [7, 11) is 4.24. The van der Waals surface area contributed by atoms with Gasteiger partial charge in [-0.3, -0.25) is 34.1 Å². The monoisotopic (exact) mass is 1250 g/mol. The third kappa shape index (κ3) is 19.7. The Morgan fingerprint density at radius 3 is 2.33 bits per heavy atom. The minimum Gasteiger partial charge on any atom is -0.495 e. The zero-order valence-electron chi connectivity index (χ0n) is 51.7. The summed E-state index contributed by atoms with van der Waals surface area (Å²) in [6, 6.07) is 4.07. The molecule has 6 N–H and O–H groups in total. The van der Waals surface area contributed by atoms with Gasteiger partial charge < -0.3 is 54.8 Å². The van der Waals surface area contributed by atoms with Crippen molar-refractivity contribution in [2.24, 2.45) is 29.4 Å². The molecule has 2 aromatic rings. The summed E-state index contributed by atoms with van der Waals surface area (Å²) in [6.07, 6.45) is -4.46. The van der Waals surface area contributed by atoms with Crippen molar-refractivity contribution in [1.82, 2.24) is 10.6 Å². The number of ketones is 2. The smallest absolute Gasteiger partial charge is 0.418 e. The maximum absolute atomic E-state index is 15.1. The molecule has 3 aliphatic rings. The van der Waals surface area contributed by atoms with Gasteiger partial charge in [0.1, 0.15) is 46.1 Å². The number of carbonyl (C=O) groups is 8. The highest BCUT2D eigenvalue weighted by Crippen LogP contribution is 2.50. The van der Waals surface area contributed by atoms with Crippen LogP contribution in [-0.4, -0.2) is 128 Å². The Bertz CT molecular complexity index is 2860. The minimum absolute atomic E-state index is 0.00476. The number of primary amides is 1. The number of urea groups is 1. The minimum atomic E-state index is -5.13. The number of ether oxygens (including phenoxy) is 6. The molecule has 2 saturated heterocycles. The van der Waals surface area contributed by atoms with Gasteiger partial charge in [0.05, 0.1) is 61.1 Å². The van der Waals surface area contributed by atoms with E-state index in [0.717, 1.165) is 11.6 Å². The summed E-state index contributed by atoms with van der Waals surface area (Å²) in [6.45, 7) is 14.2. The van der Waals surface area contributed by atoms with E-state index < -0.39 is 126 Å². The molecular formula is C63H87ClF3N5O15. The molecule has 5 amide bonds. The Labute approximate surface area is 512 Å². The number of benzene rings is 2. The van der Waals surface area contributed by atoms with Gasteiger partial charge in [0, 0.05) is 58.2 Å². The molecule has 87 heavy (non-hydrogen) atoms. The third-order valence-corrected chi connectivity index (χ3v) is 17.1. The molecule has 3 aliphatic heterocycles. The number of anilines is 2. The van der Waals surface area contributed by atoms with Crippen molar-refractivity contribution < 1.29 is 85.1 Å². The Morgan fingerprint density at radius 1 is 1.00 bits per heavy atom. The van der Waals surface area contributed by atoms with Crippen molar-refractivity contribution in [1.29, 1.82) is 0 Å². The van der Waals surface area contributed by atoms with Crippen molar-refractivity contribution in [3.05, 3.63) is 75.8 Å². The molecule has 20 nitrogen and oxygen atoms in total. The number of epoxide rings is 1. The molecule has 0 aliphatic carbocycles. The summed E-state index contributed by atoms with van der Waals surface area (Å²) in [4.78, 5) is 108. The van der Waals surface area contributed by atoms with E-state index in [1.54, 1.807) is 52.0 Å².